The van der Waals surface area contributed by atoms with Crippen molar-refractivity contribution in [3.05, 3.63) is 36.4 Å². The third-order valence-electron chi connectivity index (χ3n) is 3.17. The van der Waals surface area contributed by atoms with E-state index in [0.717, 1.165) is 0 Å². The molecule has 2 rings (SSSR count). The summed E-state index contributed by atoms with van der Waals surface area (Å²) >= 11 is 0. The number of esters is 1. The minimum atomic E-state index is -0.382. The highest BCUT2D eigenvalue weighted by molar-refractivity contribution is 5.91. The number of para-hydroxylation sites is 1. The number of nitrogen functional groups attached to an aromatic ring is 1. The summed E-state index contributed by atoms with van der Waals surface area (Å²) in [5.41, 5.74) is 11.7. The molecule has 1 amide bonds. The number of pyridine rings is 1. The van der Waals surface area contributed by atoms with Gasteiger partial charge in [-0.1, -0.05) is 26.0 Å². The van der Waals surface area contributed by atoms with Crippen molar-refractivity contribution < 1.29 is 14.3 Å². The van der Waals surface area contributed by atoms with Crippen molar-refractivity contribution in [2.45, 2.75) is 13.8 Å². The summed E-state index contributed by atoms with van der Waals surface area (Å²) in [6, 6.07) is 9.85. The van der Waals surface area contributed by atoms with E-state index in [1.54, 1.807) is 44.2 Å². The number of carbonyl (C=O) groups excluding carboxylic acids is 2. The van der Waals surface area contributed by atoms with Gasteiger partial charge < -0.3 is 21.5 Å². The SMILES string of the molecule is CC(C)C(=O)Oc1ccccc1/N=N/c1ccc(NC(=O)CN)nc1N. The molecule has 0 fully saturated rings. The lowest BCUT2D eigenvalue weighted by molar-refractivity contribution is -0.137. The lowest BCUT2D eigenvalue weighted by Gasteiger charge is -2.08. The fraction of sp³-hybridized carbons (Fsp3) is 0.235. The first-order valence-corrected chi connectivity index (χ1v) is 7.89. The van der Waals surface area contributed by atoms with Crippen LogP contribution >= 0.6 is 0 Å². The number of rotatable bonds is 6. The van der Waals surface area contributed by atoms with Crippen LogP contribution in [-0.2, 0) is 9.59 Å². The predicted octanol–water partition coefficient (Wildman–Crippen LogP) is 2.54. The van der Waals surface area contributed by atoms with Gasteiger partial charge in [-0.15, -0.1) is 10.2 Å². The maximum Gasteiger partial charge on any atom is 0.313 e. The van der Waals surface area contributed by atoms with Crippen molar-refractivity contribution >= 4 is 34.9 Å². The molecule has 0 saturated carbocycles. The zero-order valence-corrected chi connectivity index (χ0v) is 14.5. The Bertz CT molecular complexity index is 835. The monoisotopic (exact) mass is 356 g/mol. The molecule has 5 N–H and O–H groups in total. The first-order chi connectivity index (χ1) is 12.4. The second-order valence-electron chi connectivity index (χ2n) is 5.60. The molecule has 0 aliphatic rings. The molecule has 1 aromatic carbocycles. The van der Waals surface area contributed by atoms with Crippen molar-refractivity contribution in [3.63, 3.8) is 0 Å². The normalized spacial score (nSPS) is 10.9. The molecule has 0 bridgehead atoms. The van der Waals surface area contributed by atoms with Crippen LogP contribution in [0.1, 0.15) is 13.8 Å². The highest BCUT2D eigenvalue weighted by Gasteiger charge is 2.12. The third-order valence-corrected chi connectivity index (χ3v) is 3.17. The molecule has 0 aliphatic carbocycles. The number of amides is 1. The molecular formula is C17H20N6O3. The lowest BCUT2D eigenvalue weighted by Crippen LogP contribution is -2.22. The quantitative estimate of drug-likeness (QED) is 0.412. The van der Waals surface area contributed by atoms with E-state index in [1.807, 2.05) is 0 Å². The van der Waals surface area contributed by atoms with Crippen molar-refractivity contribution in [1.82, 2.24) is 4.98 Å². The van der Waals surface area contributed by atoms with Crippen LogP contribution in [0.2, 0.25) is 0 Å². The largest absolute Gasteiger partial charge is 0.424 e. The summed E-state index contributed by atoms with van der Waals surface area (Å²) in [7, 11) is 0. The Kier molecular flexibility index (Phi) is 6.34. The molecule has 0 saturated heterocycles. The summed E-state index contributed by atoms with van der Waals surface area (Å²) < 4.78 is 5.30. The van der Waals surface area contributed by atoms with Crippen LogP contribution in [0.25, 0.3) is 0 Å². The molecule has 9 heteroatoms. The zero-order chi connectivity index (χ0) is 19.1. The predicted molar refractivity (Wildman–Crippen MR) is 97.4 cm³/mol. The van der Waals surface area contributed by atoms with E-state index in [-0.39, 0.29) is 36.0 Å². The van der Waals surface area contributed by atoms with E-state index in [9.17, 15) is 9.59 Å². The molecule has 0 unspecified atom stereocenters. The average Bonchev–Trinajstić information content (AvgIpc) is 2.62. The minimum Gasteiger partial charge on any atom is -0.424 e. The van der Waals surface area contributed by atoms with E-state index in [2.05, 4.69) is 20.5 Å². The van der Waals surface area contributed by atoms with Gasteiger partial charge in [-0.2, -0.15) is 0 Å². The second-order valence-corrected chi connectivity index (χ2v) is 5.60. The van der Waals surface area contributed by atoms with Crippen molar-refractivity contribution in [3.8, 4) is 5.75 Å². The number of aromatic nitrogens is 1. The topological polar surface area (TPSA) is 145 Å². The summed E-state index contributed by atoms with van der Waals surface area (Å²) in [6.07, 6.45) is 0. The van der Waals surface area contributed by atoms with Gasteiger partial charge in [0.1, 0.15) is 17.2 Å². The van der Waals surface area contributed by atoms with E-state index >= 15 is 0 Å². The molecule has 9 nitrogen and oxygen atoms in total. The standard InChI is InChI=1S/C17H20N6O3/c1-10(2)17(25)26-13-6-4-3-5-11(13)22-23-12-7-8-14(21-16(12)19)20-15(24)9-18/h3-8,10H,9,18H2,1-2H3,(H3,19,20,21,24)/b23-22+. The first kappa shape index (κ1) is 19.0. The third kappa shape index (κ3) is 5.08. The smallest absolute Gasteiger partial charge is 0.313 e. The number of nitrogens with zero attached hydrogens (tertiary/aromatic N) is 3. The van der Waals surface area contributed by atoms with Gasteiger partial charge in [0.15, 0.2) is 11.6 Å². The molecule has 136 valence electrons. The van der Waals surface area contributed by atoms with Gasteiger partial charge >= 0.3 is 5.97 Å². The molecule has 0 radical (unpaired) electrons. The number of hydrogen-bond acceptors (Lipinski definition) is 8. The highest BCUT2D eigenvalue weighted by atomic mass is 16.5. The summed E-state index contributed by atoms with van der Waals surface area (Å²) in [6.45, 7) is 3.32. The van der Waals surface area contributed by atoms with Crippen LogP contribution in [0.15, 0.2) is 46.6 Å². The molecule has 0 atom stereocenters. The molecule has 0 spiro atoms. The zero-order valence-electron chi connectivity index (χ0n) is 14.5. The maximum absolute atomic E-state index is 11.8. The van der Waals surface area contributed by atoms with Crippen LogP contribution in [0, 0.1) is 5.92 Å². The van der Waals surface area contributed by atoms with Crippen LogP contribution in [0.4, 0.5) is 23.0 Å². The minimum absolute atomic E-state index is 0.0835. The molecule has 0 aliphatic heterocycles. The van der Waals surface area contributed by atoms with Crippen molar-refractivity contribution in [2.24, 2.45) is 21.9 Å². The number of hydrogen-bond donors (Lipinski definition) is 3. The van der Waals surface area contributed by atoms with Gasteiger partial charge in [0.25, 0.3) is 0 Å². The Morgan fingerprint density at radius 1 is 1.15 bits per heavy atom. The van der Waals surface area contributed by atoms with Gasteiger partial charge in [-0.05, 0) is 24.3 Å². The molecule has 1 heterocycles. The number of nitrogens with two attached hydrogens (primary N) is 2. The number of carbonyl (C=O) groups is 2. The number of azo groups is 1. The average molecular weight is 356 g/mol. The summed E-state index contributed by atoms with van der Waals surface area (Å²) in [5.74, 6) is -0.367. The summed E-state index contributed by atoms with van der Waals surface area (Å²) in [4.78, 5) is 27.1. The number of anilines is 2. The Balaban J connectivity index is 2.20. The second kappa shape index (κ2) is 8.67. The van der Waals surface area contributed by atoms with Crippen molar-refractivity contribution in [2.75, 3.05) is 17.6 Å². The molecular weight excluding hydrogens is 336 g/mol. The Morgan fingerprint density at radius 2 is 1.85 bits per heavy atom. The fourth-order valence-corrected chi connectivity index (χ4v) is 1.78. The molecule has 1 aromatic heterocycles. The molecule has 26 heavy (non-hydrogen) atoms. The number of ether oxygens (including phenoxy) is 1. The van der Waals surface area contributed by atoms with Gasteiger partial charge in [-0.3, -0.25) is 9.59 Å². The first-order valence-electron chi connectivity index (χ1n) is 7.89. The van der Waals surface area contributed by atoms with Crippen LogP contribution in [0.3, 0.4) is 0 Å². The Morgan fingerprint density at radius 3 is 2.50 bits per heavy atom. The Hall–Kier alpha value is -3.33. The van der Waals surface area contributed by atoms with Gasteiger partial charge in [0, 0.05) is 0 Å². The summed E-state index contributed by atoms with van der Waals surface area (Å²) in [5, 5.41) is 10.6. The lowest BCUT2D eigenvalue weighted by atomic mass is 10.2. The van der Waals surface area contributed by atoms with E-state index < -0.39 is 0 Å². The van der Waals surface area contributed by atoms with Crippen LogP contribution in [0.5, 0.6) is 5.75 Å². The van der Waals surface area contributed by atoms with Gasteiger partial charge in [-0.25, -0.2) is 4.98 Å². The van der Waals surface area contributed by atoms with Crippen LogP contribution < -0.4 is 21.5 Å². The fourth-order valence-electron chi connectivity index (χ4n) is 1.78. The number of benzene rings is 1. The van der Waals surface area contributed by atoms with Gasteiger partial charge in [0.2, 0.25) is 5.91 Å². The number of nitrogens with one attached hydrogen (secondary N) is 1. The Labute approximate surface area is 150 Å². The maximum atomic E-state index is 11.8. The van der Waals surface area contributed by atoms with Crippen molar-refractivity contribution in [1.29, 1.82) is 0 Å². The van der Waals surface area contributed by atoms with E-state index in [4.69, 9.17) is 16.2 Å². The van der Waals surface area contributed by atoms with Crippen LogP contribution in [-0.4, -0.2) is 23.4 Å². The molecule has 2 aromatic rings. The van der Waals surface area contributed by atoms with E-state index in [1.165, 1.54) is 6.07 Å². The van der Waals surface area contributed by atoms with Gasteiger partial charge in [0.05, 0.1) is 12.5 Å². The highest BCUT2D eigenvalue weighted by Crippen LogP contribution is 2.31. The van der Waals surface area contributed by atoms with E-state index in [0.29, 0.717) is 17.1 Å².